The molecule has 1 aromatic carbocycles. The topological polar surface area (TPSA) is 47.6 Å². The van der Waals surface area contributed by atoms with Crippen LogP contribution in [0.2, 0.25) is 0 Å². The van der Waals surface area contributed by atoms with E-state index in [2.05, 4.69) is 5.32 Å². The molecule has 0 saturated carbocycles. The quantitative estimate of drug-likeness (QED) is 0.863. The Hall–Kier alpha value is -1.55. The first-order valence-corrected chi connectivity index (χ1v) is 6.32. The van der Waals surface area contributed by atoms with E-state index in [1.54, 1.807) is 0 Å². The third-order valence-electron chi connectivity index (χ3n) is 2.91. The van der Waals surface area contributed by atoms with Crippen molar-refractivity contribution in [2.24, 2.45) is 0 Å². The van der Waals surface area contributed by atoms with E-state index in [4.69, 9.17) is 9.47 Å². The molecule has 4 heteroatoms. The summed E-state index contributed by atoms with van der Waals surface area (Å²) in [6.07, 6.45) is 2.28. The molecule has 0 radical (unpaired) electrons. The molecule has 0 bridgehead atoms. The van der Waals surface area contributed by atoms with Crippen molar-refractivity contribution in [1.82, 2.24) is 5.32 Å². The van der Waals surface area contributed by atoms with Gasteiger partial charge in [-0.3, -0.25) is 4.79 Å². The Balaban J connectivity index is 1.68. The summed E-state index contributed by atoms with van der Waals surface area (Å²) in [6, 6.07) is 7.66. The van der Waals surface area contributed by atoms with E-state index in [1.807, 2.05) is 31.2 Å². The summed E-state index contributed by atoms with van der Waals surface area (Å²) < 4.78 is 10.8. The van der Waals surface area contributed by atoms with Crippen LogP contribution in [0.1, 0.15) is 18.4 Å². The first-order valence-electron chi connectivity index (χ1n) is 6.32. The van der Waals surface area contributed by atoms with E-state index >= 15 is 0 Å². The van der Waals surface area contributed by atoms with Crippen molar-refractivity contribution >= 4 is 5.91 Å². The predicted octanol–water partition coefficient (Wildman–Crippen LogP) is 1.67. The van der Waals surface area contributed by atoms with E-state index in [9.17, 15) is 4.79 Å². The number of aryl methyl sites for hydroxylation is 1. The van der Waals surface area contributed by atoms with Gasteiger partial charge in [-0.05, 0) is 37.5 Å². The van der Waals surface area contributed by atoms with Gasteiger partial charge in [0.2, 0.25) is 0 Å². The second-order valence-corrected chi connectivity index (χ2v) is 4.54. The molecule has 18 heavy (non-hydrogen) atoms. The molecular weight excluding hydrogens is 230 g/mol. The second-order valence-electron chi connectivity index (χ2n) is 4.54. The zero-order valence-corrected chi connectivity index (χ0v) is 10.6. The largest absolute Gasteiger partial charge is 0.484 e. The van der Waals surface area contributed by atoms with Crippen molar-refractivity contribution in [3.63, 3.8) is 0 Å². The van der Waals surface area contributed by atoms with Crippen molar-refractivity contribution in [2.75, 3.05) is 19.8 Å². The summed E-state index contributed by atoms with van der Waals surface area (Å²) in [5, 5.41) is 2.82. The molecule has 0 aliphatic carbocycles. The van der Waals surface area contributed by atoms with Crippen LogP contribution in [0.15, 0.2) is 24.3 Å². The van der Waals surface area contributed by atoms with Crippen LogP contribution in [-0.4, -0.2) is 31.8 Å². The number of hydrogen-bond acceptors (Lipinski definition) is 3. The third kappa shape index (κ3) is 4.04. The van der Waals surface area contributed by atoms with Crippen LogP contribution in [0, 0.1) is 6.92 Å². The van der Waals surface area contributed by atoms with Gasteiger partial charge in [-0.1, -0.05) is 12.1 Å². The van der Waals surface area contributed by atoms with E-state index in [1.165, 1.54) is 0 Å². The van der Waals surface area contributed by atoms with Crippen LogP contribution in [0.5, 0.6) is 5.75 Å². The van der Waals surface area contributed by atoms with Crippen molar-refractivity contribution < 1.29 is 14.3 Å². The standard InChI is InChI=1S/C14H19NO3/c1-11-4-2-5-12(8-11)18-10-14(16)15-9-13-6-3-7-17-13/h2,4-5,8,13H,3,6-7,9-10H2,1H3,(H,15,16). The van der Waals surface area contributed by atoms with Crippen molar-refractivity contribution in [1.29, 1.82) is 0 Å². The van der Waals surface area contributed by atoms with Gasteiger partial charge in [-0.2, -0.15) is 0 Å². The van der Waals surface area contributed by atoms with Gasteiger partial charge in [-0.15, -0.1) is 0 Å². The lowest BCUT2D eigenvalue weighted by molar-refractivity contribution is -0.123. The summed E-state index contributed by atoms with van der Waals surface area (Å²) in [4.78, 5) is 11.6. The Morgan fingerprint density at radius 1 is 1.56 bits per heavy atom. The average molecular weight is 249 g/mol. The number of amides is 1. The summed E-state index contributed by atoms with van der Waals surface area (Å²) in [7, 11) is 0. The highest BCUT2D eigenvalue weighted by Gasteiger charge is 2.16. The maximum atomic E-state index is 11.6. The SMILES string of the molecule is Cc1cccc(OCC(=O)NCC2CCCO2)c1. The number of carbonyl (C=O) groups is 1. The maximum absolute atomic E-state index is 11.6. The summed E-state index contributed by atoms with van der Waals surface area (Å²) >= 11 is 0. The van der Waals surface area contributed by atoms with Crippen molar-refractivity contribution in [3.05, 3.63) is 29.8 Å². The fourth-order valence-electron chi connectivity index (χ4n) is 1.94. The van der Waals surface area contributed by atoms with E-state index in [0.717, 1.165) is 30.8 Å². The molecule has 1 heterocycles. The highest BCUT2D eigenvalue weighted by molar-refractivity contribution is 5.77. The summed E-state index contributed by atoms with van der Waals surface area (Å²) in [6.45, 7) is 3.43. The third-order valence-corrected chi connectivity index (χ3v) is 2.91. The molecule has 0 spiro atoms. The molecule has 1 amide bonds. The molecule has 0 aromatic heterocycles. The van der Waals surface area contributed by atoms with Gasteiger partial charge in [0.15, 0.2) is 6.61 Å². The molecule has 98 valence electrons. The lowest BCUT2D eigenvalue weighted by atomic mass is 10.2. The molecule has 1 atom stereocenters. The summed E-state index contributed by atoms with van der Waals surface area (Å²) in [5.74, 6) is 0.620. The zero-order valence-electron chi connectivity index (χ0n) is 10.6. The average Bonchev–Trinajstić information content (AvgIpc) is 2.87. The molecule has 1 fully saturated rings. The Labute approximate surface area is 107 Å². The fraction of sp³-hybridized carbons (Fsp3) is 0.500. The van der Waals surface area contributed by atoms with Crippen LogP contribution in [0.25, 0.3) is 0 Å². The van der Waals surface area contributed by atoms with E-state index in [0.29, 0.717) is 6.54 Å². The summed E-state index contributed by atoms with van der Waals surface area (Å²) in [5.41, 5.74) is 1.12. The van der Waals surface area contributed by atoms with Gasteiger partial charge >= 0.3 is 0 Å². The molecular formula is C14H19NO3. The number of ether oxygens (including phenoxy) is 2. The van der Waals surface area contributed by atoms with E-state index in [-0.39, 0.29) is 18.6 Å². The molecule has 4 nitrogen and oxygen atoms in total. The molecule has 1 saturated heterocycles. The van der Waals surface area contributed by atoms with Crippen molar-refractivity contribution in [3.8, 4) is 5.75 Å². The minimum Gasteiger partial charge on any atom is -0.484 e. The molecule has 1 aliphatic rings. The molecule has 2 rings (SSSR count). The first kappa shape index (κ1) is 12.9. The zero-order chi connectivity index (χ0) is 12.8. The monoisotopic (exact) mass is 249 g/mol. The molecule has 1 aromatic rings. The van der Waals surface area contributed by atoms with Crippen LogP contribution >= 0.6 is 0 Å². The smallest absolute Gasteiger partial charge is 0.258 e. The first-order chi connectivity index (χ1) is 8.74. The highest BCUT2D eigenvalue weighted by atomic mass is 16.5. The van der Waals surface area contributed by atoms with Gasteiger partial charge in [0.25, 0.3) is 5.91 Å². The number of hydrogen-bond donors (Lipinski definition) is 1. The lowest BCUT2D eigenvalue weighted by Gasteiger charge is -2.11. The Morgan fingerprint density at radius 3 is 3.17 bits per heavy atom. The van der Waals surface area contributed by atoms with Gasteiger partial charge in [0.05, 0.1) is 6.10 Å². The minimum atomic E-state index is -0.105. The Bertz CT molecular complexity index is 400. The minimum absolute atomic E-state index is 0.0518. The van der Waals surface area contributed by atoms with Crippen LogP contribution in [-0.2, 0) is 9.53 Å². The van der Waals surface area contributed by atoms with Crippen molar-refractivity contribution in [2.45, 2.75) is 25.9 Å². The second kappa shape index (κ2) is 6.40. The predicted molar refractivity (Wildman–Crippen MR) is 68.7 cm³/mol. The van der Waals surface area contributed by atoms with Crippen LogP contribution in [0.4, 0.5) is 0 Å². The van der Waals surface area contributed by atoms with Gasteiger partial charge in [0, 0.05) is 13.2 Å². The number of nitrogens with one attached hydrogen (secondary N) is 1. The van der Waals surface area contributed by atoms with Crippen LogP contribution in [0.3, 0.4) is 0 Å². The Kier molecular flexibility index (Phi) is 4.59. The highest BCUT2D eigenvalue weighted by Crippen LogP contribution is 2.12. The number of carbonyl (C=O) groups excluding carboxylic acids is 1. The van der Waals surface area contributed by atoms with E-state index < -0.39 is 0 Å². The normalized spacial score (nSPS) is 18.6. The molecule has 1 aliphatic heterocycles. The Morgan fingerprint density at radius 2 is 2.44 bits per heavy atom. The van der Waals surface area contributed by atoms with Crippen LogP contribution < -0.4 is 10.1 Å². The number of rotatable bonds is 5. The van der Waals surface area contributed by atoms with Gasteiger partial charge < -0.3 is 14.8 Å². The molecule has 1 N–H and O–H groups in total. The maximum Gasteiger partial charge on any atom is 0.258 e. The number of benzene rings is 1. The molecule has 1 unspecified atom stereocenters. The fourth-order valence-corrected chi connectivity index (χ4v) is 1.94. The van der Waals surface area contributed by atoms with Gasteiger partial charge in [-0.25, -0.2) is 0 Å². The van der Waals surface area contributed by atoms with Gasteiger partial charge in [0.1, 0.15) is 5.75 Å². The lowest BCUT2D eigenvalue weighted by Crippen LogP contribution is -2.35.